The van der Waals surface area contributed by atoms with Crippen molar-refractivity contribution >= 4 is 11.9 Å². The van der Waals surface area contributed by atoms with Crippen molar-refractivity contribution in [2.24, 2.45) is 5.10 Å². The third kappa shape index (κ3) is 3.29. The Labute approximate surface area is 119 Å². The van der Waals surface area contributed by atoms with Crippen LogP contribution in [0.1, 0.15) is 5.56 Å². The summed E-state index contributed by atoms with van der Waals surface area (Å²) in [6.07, 6.45) is 1.79. The molecule has 0 atom stereocenters. The number of methoxy groups -OCH3 is 2. The first kappa shape index (κ1) is 13.9. The third-order valence-electron chi connectivity index (χ3n) is 2.92. The fraction of sp³-hybridized carbons (Fsp3) is 0.188. The molecule has 104 valence electrons. The highest BCUT2D eigenvalue weighted by Crippen LogP contribution is 2.26. The van der Waals surface area contributed by atoms with E-state index in [1.807, 2.05) is 60.6 Å². The molecule has 0 saturated carbocycles. The number of nitrogens with zero attached hydrogens (tertiary/aromatic N) is 2. The predicted molar refractivity (Wildman–Crippen MR) is 82.0 cm³/mol. The van der Waals surface area contributed by atoms with Crippen LogP contribution in [0.4, 0.5) is 5.69 Å². The second-order valence-corrected chi connectivity index (χ2v) is 4.22. The first-order valence-corrected chi connectivity index (χ1v) is 6.29. The monoisotopic (exact) mass is 270 g/mol. The Bertz CT molecular complexity index is 582. The van der Waals surface area contributed by atoms with E-state index in [0.29, 0.717) is 11.5 Å². The summed E-state index contributed by atoms with van der Waals surface area (Å²) in [4.78, 5) is 0. The highest BCUT2D eigenvalue weighted by atomic mass is 16.5. The second-order valence-electron chi connectivity index (χ2n) is 4.22. The van der Waals surface area contributed by atoms with Gasteiger partial charge in [0.15, 0.2) is 11.5 Å². The van der Waals surface area contributed by atoms with E-state index in [2.05, 4.69) is 5.10 Å². The van der Waals surface area contributed by atoms with Crippen molar-refractivity contribution in [2.75, 3.05) is 26.3 Å². The molecule has 0 spiro atoms. The Balaban J connectivity index is 2.15. The van der Waals surface area contributed by atoms with Crippen LogP contribution in [0.3, 0.4) is 0 Å². The first-order chi connectivity index (χ1) is 9.74. The van der Waals surface area contributed by atoms with Crippen LogP contribution in [0.2, 0.25) is 0 Å². The Morgan fingerprint density at radius 1 is 0.950 bits per heavy atom. The van der Waals surface area contributed by atoms with Gasteiger partial charge in [0, 0.05) is 7.05 Å². The molecule has 0 N–H and O–H groups in total. The highest BCUT2D eigenvalue weighted by Gasteiger charge is 2.03. The fourth-order valence-electron chi connectivity index (χ4n) is 1.80. The van der Waals surface area contributed by atoms with Gasteiger partial charge in [-0.2, -0.15) is 5.10 Å². The smallest absolute Gasteiger partial charge is 0.161 e. The molecule has 0 fully saturated rings. The maximum Gasteiger partial charge on any atom is 0.161 e. The number of anilines is 1. The zero-order chi connectivity index (χ0) is 14.4. The quantitative estimate of drug-likeness (QED) is 0.618. The molecule has 0 saturated heterocycles. The number of hydrazone groups is 1. The second kappa shape index (κ2) is 6.61. The molecule has 0 aliphatic carbocycles. The summed E-state index contributed by atoms with van der Waals surface area (Å²) in [6, 6.07) is 15.6. The lowest BCUT2D eigenvalue weighted by Gasteiger charge is -2.12. The van der Waals surface area contributed by atoms with Crippen LogP contribution in [0.15, 0.2) is 53.6 Å². The van der Waals surface area contributed by atoms with Crippen LogP contribution in [-0.2, 0) is 0 Å². The summed E-state index contributed by atoms with van der Waals surface area (Å²) in [5.41, 5.74) is 1.98. The lowest BCUT2D eigenvalue weighted by atomic mass is 10.2. The average molecular weight is 270 g/mol. The summed E-state index contributed by atoms with van der Waals surface area (Å²) < 4.78 is 10.5. The van der Waals surface area contributed by atoms with Crippen LogP contribution in [0.5, 0.6) is 11.5 Å². The van der Waals surface area contributed by atoms with Gasteiger partial charge in [0.25, 0.3) is 0 Å². The predicted octanol–water partition coefficient (Wildman–Crippen LogP) is 3.17. The largest absolute Gasteiger partial charge is 0.493 e. The van der Waals surface area contributed by atoms with Gasteiger partial charge in [-0.15, -0.1) is 0 Å². The van der Waals surface area contributed by atoms with Gasteiger partial charge >= 0.3 is 0 Å². The minimum atomic E-state index is 0.693. The fourth-order valence-corrected chi connectivity index (χ4v) is 1.80. The Kier molecular flexibility index (Phi) is 4.60. The number of hydrogen-bond donors (Lipinski definition) is 0. The van der Waals surface area contributed by atoms with E-state index < -0.39 is 0 Å². The van der Waals surface area contributed by atoms with Gasteiger partial charge in [-0.05, 0) is 35.9 Å². The topological polar surface area (TPSA) is 34.1 Å². The number of ether oxygens (including phenoxy) is 2. The van der Waals surface area contributed by atoms with Crippen molar-refractivity contribution in [1.82, 2.24) is 0 Å². The molecule has 0 aromatic heterocycles. The Morgan fingerprint density at radius 2 is 1.65 bits per heavy atom. The maximum atomic E-state index is 5.27. The van der Waals surface area contributed by atoms with E-state index in [0.717, 1.165) is 11.3 Å². The molecule has 20 heavy (non-hydrogen) atoms. The molecule has 0 aliphatic rings. The Hall–Kier alpha value is -2.49. The lowest BCUT2D eigenvalue weighted by Crippen LogP contribution is -2.08. The zero-order valence-corrected chi connectivity index (χ0v) is 11.9. The Morgan fingerprint density at radius 3 is 2.30 bits per heavy atom. The lowest BCUT2D eigenvalue weighted by molar-refractivity contribution is 0.355. The minimum Gasteiger partial charge on any atom is -0.493 e. The molecule has 0 heterocycles. The van der Waals surface area contributed by atoms with Gasteiger partial charge in [-0.25, -0.2) is 0 Å². The molecule has 4 nitrogen and oxygen atoms in total. The number of hydrogen-bond acceptors (Lipinski definition) is 4. The van der Waals surface area contributed by atoms with Crippen LogP contribution >= 0.6 is 0 Å². The summed E-state index contributed by atoms with van der Waals surface area (Å²) in [5.74, 6) is 1.40. The molecule has 0 amide bonds. The van der Waals surface area contributed by atoms with E-state index >= 15 is 0 Å². The molecule has 2 rings (SSSR count). The van der Waals surface area contributed by atoms with Gasteiger partial charge < -0.3 is 9.47 Å². The number of para-hydroxylation sites is 1. The average Bonchev–Trinajstić information content (AvgIpc) is 2.53. The first-order valence-electron chi connectivity index (χ1n) is 6.29. The van der Waals surface area contributed by atoms with Crippen molar-refractivity contribution in [3.63, 3.8) is 0 Å². The molecular weight excluding hydrogens is 252 g/mol. The summed E-state index contributed by atoms with van der Waals surface area (Å²) in [6.45, 7) is 0. The van der Waals surface area contributed by atoms with Crippen molar-refractivity contribution in [3.05, 3.63) is 54.1 Å². The van der Waals surface area contributed by atoms with Gasteiger partial charge in [-0.3, -0.25) is 5.01 Å². The molecule has 0 unspecified atom stereocenters. The summed E-state index contributed by atoms with van der Waals surface area (Å²) in [7, 11) is 5.15. The van der Waals surface area contributed by atoms with Gasteiger partial charge in [0.1, 0.15) is 0 Å². The van der Waals surface area contributed by atoms with E-state index in [-0.39, 0.29) is 0 Å². The molecular formula is C16H18N2O2. The summed E-state index contributed by atoms with van der Waals surface area (Å²) >= 11 is 0. The van der Waals surface area contributed by atoms with Gasteiger partial charge in [0.05, 0.1) is 26.1 Å². The maximum absolute atomic E-state index is 5.27. The van der Waals surface area contributed by atoms with Crippen LogP contribution in [0, 0.1) is 0 Å². The van der Waals surface area contributed by atoms with Gasteiger partial charge in [0.2, 0.25) is 0 Å². The normalized spacial score (nSPS) is 10.6. The number of rotatable bonds is 5. The van der Waals surface area contributed by atoms with E-state index in [1.54, 1.807) is 20.4 Å². The van der Waals surface area contributed by atoms with Crippen LogP contribution < -0.4 is 14.5 Å². The van der Waals surface area contributed by atoms with Crippen molar-refractivity contribution in [1.29, 1.82) is 0 Å². The molecule has 4 heteroatoms. The standard InChI is InChI=1S/C16H18N2O2/c1-18(14-7-5-4-6-8-14)17-12-13-9-10-15(19-2)16(11-13)20-3/h4-12H,1-3H3/b17-12-. The van der Waals surface area contributed by atoms with Crippen molar-refractivity contribution in [3.8, 4) is 11.5 Å². The van der Waals surface area contributed by atoms with Crippen molar-refractivity contribution < 1.29 is 9.47 Å². The van der Waals surface area contributed by atoms with Gasteiger partial charge in [-0.1, -0.05) is 18.2 Å². The zero-order valence-electron chi connectivity index (χ0n) is 11.9. The number of benzene rings is 2. The van der Waals surface area contributed by atoms with E-state index in [4.69, 9.17) is 9.47 Å². The van der Waals surface area contributed by atoms with Crippen LogP contribution in [-0.4, -0.2) is 27.5 Å². The molecule has 0 aliphatic heterocycles. The third-order valence-corrected chi connectivity index (χ3v) is 2.92. The molecule has 2 aromatic carbocycles. The van der Waals surface area contributed by atoms with E-state index in [1.165, 1.54) is 0 Å². The highest BCUT2D eigenvalue weighted by molar-refractivity contribution is 5.81. The molecule has 0 radical (unpaired) electrons. The SMILES string of the molecule is COc1ccc(/C=N\N(C)c2ccccc2)cc1OC. The molecule has 2 aromatic rings. The van der Waals surface area contributed by atoms with Crippen molar-refractivity contribution in [2.45, 2.75) is 0 Å². The minimum absolute atomic E-state index is 0.693. The molecule has 0 bridgehead atoms. The summed E-state index contributed by atoms with van der Waals surface area (Å²) in [5, 5.41) is 6.22. The van der Waals surface area contributed by atoms with Crippen LogP contribution in [0.25, 0.3) is 0 Å². The van der Waals surface area contributed by atoms with E-state index in [9.17, 15) is 0 Å².